The molecule has 1 saturated heterocycles. The number of hydrogen-bond donors (Lipinski definition) is 1. The predicted molar refractivity (Wildman–Crippen MR) is 103 cm³/mol. The van der Waals surface area contributed by atoms with Crippen LogP contribution in [0.1, 0.15) is 37.3 Å². The average Bonchev–Trinajstić information content (AvgIpc) is 3.18. The molecule has 3 rings (SSSR count). The SMILES string of the molecule is COCCn1cccc1C1C(c2ccccn2)NC(=S)N1CC(C)C. The third-order valence-corrected chi connectivity index (χ3v) is 4.82. The molecule has 1 aliphatic rings. The highest BCUT2D eigenvalue weighted by molar-refractivity contribution is 7.80. The lowest BCUT2D eigenvalue weighted by molar-refractivity contribution is 0.183. The normalized spacial score (nSPS) is 20.3. The minimum absolute atomic E-state index is 0.0450. The molecule has 6 heteroatoms. The summed E-state index contributed by atoms with van der Waals surface area (Å²) in [6.45, 7) is 6.86. The Morgan fingerprint density at radius 3 is 2.80 bits per heavy atom. The van der Waals surface area contributed by atoms with Gasteiger partial charge >= 0.3 is 0 Å². The fraction of sp³-hybridized carbons (Fsp3) is 0.474. The third-order valence-electron chi connectivity index (χ3n) is 4.46. The molecule has 0 spiro atoms. The minimum atomic E-state index is 0.0450. The van der Waals surface area contributed by atoms with E-state index in [1.165, 1.54) is 5.69 Å². The zero-order chi connectivity index (χ0) is 17.8. The molecule has 0 radical (unpaired) electrons. The maximum atomic E-state index is 5.67. The van der Waals surface area contributed by atoms with Crippen LogP contribution in [0.5, 0.6) is 0 Å². The van der Waals surface area contributed by atoms with Crippen LogP contribution >= 0.6 is 12.2 Å². The van der Waals surface area contributed by atoms with Crippen molar-refractivity contribution in [3.05, 3.63) is 54.1 Å². The smallest absolute Gasteiger partial charge is 0.170 e. The molecule has 1 aliphatic heterocycles. The molecule has 1 N–H and O–H groups in total. The van der Waals surface area contributed by atoms with Gasteiger partial charge < -0.3 is 19.5 Å². The standard InChI is InChI=1S/C19H26N4OS/c1-14(2)13-23-18(16-8-6-10-22(16)11-12-24-3)17(21-19(23)25)15-7-4-5-9-20-15/h4-10,14,17-18H,11-13H2,1-3H3,(H,21,25). The van der Waals surface area contributed by atoms with Gasteiger partial charge in [0.2, 0.25) is 0 Å². The second kappa shape index (κ2) is 7.97. The van der Waals surface area contributed by atoms with Gasteiger partial charge in [-0.15, -0.1) is 0 Å². The molecule has 3 heterocycles. The zero-order valence-corrected chi connectivity index (χ0v) is 15.9. The van der Waals surface area contributed by atoms with Crippen molar-refractivity contribution in [1.29, 1.82) is 0 Å². The number of hydrogen-bond acceptors (Lipinski definition) is 3. The lowest BCUT2D eigenvalue weighted by Crippen LogP contribution is -2.33. The van der Waals surface area contributed by atoms with E-state index < -0.39 is 0 Å². The number of pyridine rings is 1. The zero-order valence-electron chi connectivity index (χ0n) is 15.1. The predicted octanol–water partition coefficient (Wildman–Crippen LogP) is 3.16. The molecule has 134 valence electrons. The third kappa shape index (κ3) is 3.85. The van der Waals surface area contributed by atoms with Crippen molar-refractivity contribution < 1.29 is 4.74 Å². The van der Waals surface area contributed by atoms with Crippen molar-refractivity contribution in [2.24, 2.45) is 5.92 Å². The van der Waals surface area contributed by atoms with Gasteiger partial charge in [-0.2, -0.15) is 0 Å². The van der Waals surface area contributed by atoms with Gasteiger partial charge in [0, 0.05) is 38.3 Å². The van der Waals surface area contributed by atoms with E-state index in [9.17, 15) is 0 Å². The second-order valence-electron chi connectivity index (χ2n) is 6.79. The van der Waals surface area contributed by atoms with Crippen LogP contribution in [0.25, 0.3) is 0 Å². The quantitative estimate of drug-likeness (QED) is 0.770. The minimum Gasteiger partial charge on any atom is -0.383 e. The monoisotopic (exact) mass is 358 g/mol. The summed E-state index contributed by atoms with van der Waals surface area (Å²) in [5.74, 6) is 0.520. The van der Waals surface area contributed by atoms with Gasteiger partial charge in [-0.3, -0.25) is 4.98 Å². The highest BCUT2D eigenvalue weighted by Gasteiger charge is 2.41. The lowest BCUT2D eigenvalue weighted by atomic mass is 10.0. The van der Waals surface area contributed by atoms with Crippen LogP contribution in [-0.2, 0) is 11.3 Å². The number of ether oxygens (including phenoxy) is 1. The van der Waals surface area contributed by atoms with Crippen molar-refractivity contribution in [1.82, 2.24) is 19.8 Å². The van der Waals surface area contributed by atoms with E-state index >= 15 is 0 Å². The summed E-state index contributed by atoms with van der Waals surface area (Å²) in [5.41, 5.74) is 2.25. The van der Waals surface area contributed by atoms with Crippen LogP contribution in [0.3, 0.4) is 0 Å². The van der Waals surface area contributed by atoms with Crippen molar-refractivity contribution in [2.45, 2.75) is 32.5 Å². The van der Waals surface area contributed by atoms with Crippen LogP contribution in [0.2, 0.25) is 0 Å². The summed E-state index contributed by atoms with van der Waals surface area (Å²) in [6.07, 6.45) is 3.95. The summed E-state index contributed by atoms with van der Waals surface area (Å²) in [7, 11) is 1.73. The van der Waals surface area contributed by atoms with E-state index in [0.717, 1.165) is 23.9 Å². The lowest BCUT2D eigenvalue weighted by Gasteiger charge is -2.30. The van der Waals surface area contributed by atoms with Crippen LogP contribution in [0.15, 0.2) is 42.7 Å². The Labute approximate surface area is 155 Å². The molecule has 25 heavy (non-hydrogen) atoms. The Kier molecular flexibility index (Phi) is 5.71. The fourth-order valence-electron chi connectivity index (χ4n) is 3.41. The van der Waals surface area contributed by atoms with Gasteiger partial charge in [-0.25, -0.2) is 0 Å². The van der Waals surface area contributed by atoms with E-state index in [1.807, 2.05) is 18.3 Å². The van der Waals surface area contributed by atoms with E-state index in [4.69, 9.17) is 17.0 Å². The summed E-state index contributed by atoms with van der Waals surface area (Å²) in [5, 5.41) is 4.30. The first-order chi connectivity index (χ1) is 12.1. The molecule has 2 atom stereocenters. The molecule has 1 fully saturated rings. The Bertz CT molecular complexity index is 700. The van der Waals surface area contributed by atoms with Crippen molar-refractivity contribution in [2.75, 3.05) is 20.3 Å². The van der Waals surface area contributed by atoms with Crippen molar-refractivity contribution in [3.8, 4) is 0 Å². The van der Waals surface area contributed by atoms with E-state index in [2.05, 4.69) is 58.0 Å². The topological polar surface area (TPSA) is 42.3 Å². The van der Waals surface area contributed by atoms with Crippen molar-refractivity contribution >= 4 is 17.3 Å². The van der Waals surface area contributed by atoms with E-state index in [0.29, 0.717) is 12.5 Å². The number of aromatic nitrogens is 2. The fourth-order valence-corrected chi connectivity index (χ4v) is 3.72. The number of methoxy groups -OCH3 is 1. The van der Waals surface area contributed by atoms with Crippen molar-refractivity contribution in [3.63, 3.8) is 0 Å². The Balaban J connectivity index is 1.99. The number of thiocarbonyl (C=S) groups is 1. The second-order valence-corrected chi connectivity index (χ2v) is 7.18. The maximum Gasteiger partial charge on any atom is 0.170 e. The number of nitrogens with zero attached hydrogens (tertiary/aromatic N) is 3. The molecular weight excluding hydrogens is 332 g/mol. The first kappa shape index (κ1) is 17.9. The van der Waals surface area contributed by atoms with Crippen LogP contribution in [-0.4, -0.2) is 39.8 Å². The largest absolute Gasteiger partial charge is 0.383 e. The summed E-state index contributed by atoms with van der Waals surface area (Å²) in [6, 6.07) is 10.5. The van der Waals surface area contributed by atoms with Gasteiger partial charge in [0.15, 0.2) is 5.11 Å². The summed E-state index contributed by atoms with van der Waals surface area (Å²) >= 11 is 5.67. The molecule has 0 aliphatic carbocycles. The Morgan fingerprint density at radius 2 is 2.12 bits per heavy atom. The molecule has 5 nitrogen and oxygen atoms in total. The average molecular weight is 359 g/mol. The molecule has 2 aromatic heterocycles. The molecule has 0 bridgehead atoms. The molecule has 2 unspecified atom stereocenters. The van der Waals surface area contributed by atoms with Crippen LogP contribution in [0, 0.1) is 5.92 Å². The van der Waals surface area contributed by atoms with Crippen LogP contribution in [0.4, 0.5) is 0 Å². The van der Waals surface area contributed by atoms with Gasteiger partial charge in [-0.05, 0) is 42.4 Å². The van der Waals surface area contributed by atoms with Gasteiger partial charge in [-0.1, -0.05) is 19.9 Å². The first-order valence-corrected chi connectivity index (χ1v) is 9.14. The molecule has 0 amide bonds. The highest BCUT2D eigenvalue weighted by Crippen LogP contribution is 2.39. The Morgan fingerprint density at radius 1 is 1.28 bits per heavy atom. The Hall–Kier alpha value is -1.92. The molecule has 0 saturated carbocycles. The highest BCUT2D eigenvalue weighted by atomic mass is 32.1. The summed E-state index contributed by atoms with van der Waals surface area (Å²) < 4.78 is 7.53. The summed E-state index contributed by atoms with van der Waals surface area (Å²) in [4.78, 5) is 6.88. The molecule has 0 aromatic carbocycles. The first-order valence-electron chi connectivity index (χ1n) is 8.74. The van der Waals surface area contributed by atoms with Gasteiger partial charge in [0.05, 0.1) is 24.4 Å². The molecular formula is C19H26N4OS. The van der Waals surface area contributed by atoms with Gasteiger partial charge in [0.25, 0.3) is 0 Å². The number of rotatable bonds is 7. The van der Waals surface area contributed by atoms with Gasteiger partial charge in [0.1, 0.15) is 0 Å². The van der Waals surface area contributed by atoms with E-state index in [1.54, 1.807) is 7.11 Å². The van der Waals surface area contributed by atoms with E-state index in [-0.39, 0.29) is 12.1 Å². The number of nitrogens with one attached hydrogen (secondary N) is 1. The maximum absolute atomic E-state index is 5.67. The molecule has 2 aromatic rings. The van der Waals surface area contributed by atoms with Crippen LogP contribution < -0.4 is 5.32 Å².